The highest BCUT2D eigenvalue weighted by Gasteiger charge is 2.34. The number of hydrogen-bond acceptors (Lipinski definition) is 4. The van der Waals surface area contributed by atoms with Crippen LogP contribution in [0, 0.1) is 12.7 Å². The van der Waals surface area contributed by atoms with Gasteiger partial charge < -0.3 is 10.2 Å². The zero-order chi connectivity index (χ0) is 27.2. The summed E-state index contributed by atoms with van der Waals surface area (Å²) in [5.41, 5.74) is 1.98. The fourth-order valence-corrected chi connectivity index (χ4v) is 5.64. The molecule has 1 fully saturated rings. The topological polar surface area (TPSA) is 90.0 Å². The molecule has 0 radical (unpaired) electrons. The summed E-state index contributed by atoms with van der Waals surface area (Å²) in [4.78, 5) is 28.7. The van der Waals surface area contributed by atoms with Gasteiger partial charge >= 0.3 is 10.2 Å². The molecule has 1 saturated carbocycles. The lowest BCUT2D eigenvalue weighted by Crippen LogP contribution is -2.54. The quantitative estimate of drug-likeness (QED) is 0.479. The van der Waals surface area contributed by atoms with Crippen molar-refractivity contribution in [2.75, 3.05) is 24.9 Å². The standard InChI is InChI=1S/C27H37FN4O4S/c1-5-25(27(34)29-23-12-8-9-13-23)31(18-21-11-7-6-10-20(21)2)26(33)19-32(37(35,36)30(3)4)24-16-14-22(28)15-17-24/h6-7,10-11,14-17,23,25H,5,8-9,12-13,18-19H2,1-4H3,(H,29,34). The third-order valence-electron chi connectivity index (χ3n) is 6.82. The molecule has 1 atom stereocenters. The lowest BCUT2D eigenvalue weighted by Gasteiger charge is -2.34. The summed E-state index contributed by atoms with van der Waals surface area (Å²) in [5, 5.41) is 3.09. The third kappa shape index (κ3) is 7.07. The van der Waals surface area contributed by atoms with E-state index in [4.69, 9.17) is 0 Å². The molecule has 202 valence electrons. The van der Waals surface area contributed by atoms with E-state index >= 15 is 0 Å². The molecule has 1 aliphatic carbocycles. The van der Waals surface area contributed by atoms with Crippen LogP contribution in [0.1, 0.15) is 50.2 Å². The molecule has 0 heterocycles. The number of halogens is 1. The molecule has 1 N–H and O–H groups in total. The van der Waals surface area contributed by atoms with Gasteiger partial charge in [0.25, 0.3) is 0 Å². The average Bonchev–Trinajstić information content (AvgIpc) is 3.37. The number of amides is 2. The van der Waals surface area contributed by atoms with Crippen molar-refractivity contribution in [2.24, 2.45) is 0 Å². The molecule has 2 aromatic rings. The van der Waals surface area contributed by atoms with Crippen molar-refractivity contribution in [3.05, 3.63) is 65.5 Å². The van der Waals surface area contributed by atoms with Crippen LogP contribution in [-0.2, 0) is 26.3 Å². The van der Waals surface area contributed by atoms with Gasteiger partial charge in [-0.1, -0.05) is 44.0 Å². The van der Waals surface area contributed by atoms with Crippen LogP contribution in [0.4, 0.5) is 10.1 Å². The molecule has 1 unspecified atom stereocenters. The van der Waals surface area contributed by atoms with Crippen LogP contribution in [0.5, 0.6) is 0 Å². The van der Waals surface area contributed by atoms with Gasteiger partial charge in [-0.3, -0.25) is 9.59 Å². The van der Waals surface area contributed by atoms with Gasteiger partial charge in [-0.25, -0.2) is 8.70 Å². The summed E-state index contributed by atoms with van der Waals surface area (Å²) in [6.45, 7) is 3.39. The van der Waals surface area contributed by atoms with E-state index in [0.29, 0.717) is 6.42 Å². The number of hydrogen-bond donors (Lipinski definition) is 1. The highest BCUT2D eigenvalue weighted by Crippen LogP contribution is 2.23. The number of carbonyl (C=O) groups is 2. The van der Waals surface area contributed by atoms with E-state index in [1.807, 2.05) is 38.1 Å². The Morgan fingerprint density at radius 3 is 2.24 bits per heavy atom. The first kappa shape index (κ1) is 28.6. The fraction of sp³-hybridized carbons (Fsp3) is 0.481. The minimum Gasteiger partial charge on any atom is -0.352 e. The predicted octanol–water partition coefficient (Wildman–Crippen LogP) is 3.61. The normalized spacial score (nSPS) is 15.0. The zero-order valence-corrected chi connectivity index (χ0v) is 22.8. The summed E-state index contributed by atoms with van der Waals surface area (Å²) in [5.74, 6) is -1.28. The summed E-state index contributed by atoms with van der Waals surface area (Å²) in [7, 11) is -1.36. The Balaban J connectivity index is 1.97. The van der Waals surface area contributed by atoms with Crippen LogP contribution in [0.3, 0.4) is 0 Å². The molecular formula is C27H37FN4O4S. The maximum Gasteiger partial charge on any atom is 0.304 e. The monoisotopic (exact) mass is 532 g/mol. The highest BCUT2D eigenvalue weighted by molar-refractivity contribution is 7.90. The summed E-state index contributed by atoms with van der Waals surface area (Å²) in [6, 6.07) is 11.8. The highest BCUT2D eigenvalue weighted by atomic mass is 32.2. The molecule has 37 heavy (non-hydrogen) atoms. The van der Waals surface area contributed by atoms with Gasteiger partial charge in [0.05, 0.1) is 5.69 Å². The lowest BCUT2D eigenvalue weighted by atomic mass is 10.1. The van der Waals surface area contributed by atoms with Gasteiger partial charge in [0.2, 0.25) is 11.8 Å². The summed E-state index contributed by atoms with van der Waals surface area (Å²) in [6.07, 6.45) is 4.30. The fourth-order valence-electron chi connectivity index (χ4n) is 4.58. The molecule has 1 aliphatic rings. The van der Waals surface area contributed by atoms with Crippen molar-refractivity contribution in [3.63, 3.8) is 0 Å². The summed E-state index contributed by atoms with van der Waals surface area (Å²) < 4.78 is 41.9. The molecule has 0 bridgehead atoms. The molecule has 8 nitrogen and oxygen atoms in total. The Bertz CT molecular complexity index is 1180. The van der Waals surface area contributed by atoms with E-state index in [1.54, 1.807) is 0 Å². The van der Waals surface area contributed by atoms with Gasteiger partial charge in [-0.15, -0.1) is 0 Å². The number of rotatable bonds is 11. The Morgan fingerprint density at radius 2 is 1.68 bits per heavy atom. The van der Waals surface area contributed by atoms with Crippen LogP contribution in [0.25, 0.3) is 0 Å². The molecule has 0 aliphatic heterocycles. The lowest BCUT2D eigenvalue weighted by molar-refractivity contribution is -0.140. The second-order valence-corrected chi connectivity index (χ2v) is 11.7. The maximum atomic E-state index is 13.9. The summed E-state index contributed by atoms with van der Waals surface area (Å²) >= 11 is 0. The number of carbonyl (C=O) groups excluding carboxylic acids is 2. The van der Waals surface area contributed by atoms with E-state index in [0.717, 1.165) is 57.6 Å². The van der Waals surface area contributed by atoms with Gasteiger partial charge in [-0.2, -0.15) is 12.7 Å². The molecule has 0 spiro atoms. The first-order chi connectivity index (χ1) is 17.5. The van der Waals surface area contributed by atoms with Gasteiger partial charge in [0.15, 0.2) is 0 Å². The van der Waals surface area contributed by atoms with Gasteiger partial charge in [-0.05, 0) is 61.6 Å². The van der Waals surface area contributed by atoms with Crippen LogP contribution in [0.15, 0.2) is 48.5 Å². The molecule has 0 saturated heterocycles. The van der Waals surface area contributed by atoms with E-state index < -0.39 is 34.5 Å². The van der Waals surface area contributed by atoms with E-state index in [9.17, 15) is 22.4 Å². The number of benzene rings is 2. The van der Waals surface area contributed by atoms with E-state index in [1.165, 1.54) is 31.1 Å². The minimum atomic E-state index is -4.09. The average molecular weight is 533 g/mol. The van der Waals surface area contributed by atoms with Crippen molar-refractivity contribution in [2.45, 2.75) is 64.6 Å². The van der Waals surface area contributed by atoms with Crippen LogP contribution < -0.4 is 9.62 Å². The largest absolute Gasteiger partial charge is 0.352 e. The Labute approximate surface area is 219 Å². The zero-order valence-electron chi connectivity index (χ0n) is 22.0. The Kier molecular flexibility index (Phi) is 9.67. The third-order valence-corrected chi connectivity index (χ3v) is 8.64. The Hall–Kier alpha value is -2.98. The molecule has 3 rings (SSSR count). The van der Waals surface area contributed by atoms with Crippen molar-refractivity contribution in [1.29, 1.82) is 0 Å². The van der Waals surface area contributed by atoms with Crippen molar-refractivity contribution in [1.82, 2.24) is 14.5 Å². The predicted molar refractivity (Wildman–Crippen MR) is 143 cm³/mol. The van der Waals surface area contributed by atoms with Crippen molar-refractivity contribution in [3.8, 4) is 0 Å². The van der Waals surface area contributed by atoms with Gasteiger partial charge in [0, 0.05) is 26.7 Å². The maximum absolute atomic E-state index is 13.9. The first-order valence-corrected chi connectivity index (χ1v) is 14.0. The van der Waals surface area contributed by atoms with E-state index in [-0.39, 0.29) is 24.2 Å². The van der Waals surface area contributed by atoms with Crippen LogP contribution >= 0.6 is 0 Å². The molecule has 2 amide bonds. The van der Waals surface area contributed by atoms with Crippen LogP contribution in [-0.4, -0.2) is 62.2 Å². The molecule has 2 aromatic carbocycles. The molecule has 10 heteroatoms. The smallest absolute Gasteiger partial charge is 0.304 e. The molecule has 0 aromatic heterocycles. The van der Waals surface area contributed by atoms with Crippen molar-refractivity contribution < 1.29 is 22.4 Å². The number of anilines is 1. The first-order valence-electron chi connectivity index (χ1n) is 12.6. The SMILES string of the molecule is CCC(C(=O)NC1CCCC1)N(Cc1ccccc1C)C(=O)CN(c1ccc(F)cc1)S(=O)(=O)N(C)C. The second-order valence-electron chi connectivity index (χ2n) is 9.64. The number of aryl methyl sites for hydroxylation is 1. The second kappa shape index (κ2) is 12.5. The van der Waals surface area contributed by atoms with E-state index in [2.05, 4.69) is 5.32 Å². The van der Waals surface area contributed by atoms with Crippen LogP contribution in [0.2, 0.25) is 0 Å². The minimum absolute atomic E-state index is 0.0850. The Morgan fingerprint density at radius 1 is 1.05 bits per heavy atom. The number of nitrogens with zero attached hydrogens (tertiary/aromatic N) is 3. The van der Waals surface area contributed by atoms with Crippen molar-refractivity contribution >= 4 is 27.7 Å². The molecular weight excluding hydrogens is 495 g/mol. The number of nitrogens with one attached hydrogen (secondary N) is 1. The van der Waals surface area contributed by atoms with Gasteiger partial charge in [0.1, 0.15) is 18.4 Å².